The minimum absolute atomic E-state index is 0. The van der Waals surface area contributed by atoms with Gasteiger partial charge < -0.3 is 42.6 Å². The first-order valence-corrected chi connectivity index (χ1v) is 29.7. The third-order valence-electron chi connectivity index (χ3n) is 19.5. The van der Waals surface area contributed by atoms with Crippen LogP contribution in [-0.2, 0) is 85.8 Å². The number of hydrogen-bond acceptors (Lipinski definition) is 18. The summed E-state index contributed by atoms with van der Waals surface area (Å²) in [6.45, 7) is 19.5. The van der Waals surface area contributed by atoms with Crippen molar-refractivity contribution < 1.29 is 85.8 Å². The molecule has 0 radical (unpaired) electrons. The highest BCUT2D eigenvalue weighted by atomic mass is 16.6. The predicted octanol–water partition coefficient (Wildman–Crippen LogP) is 13.9. The lowest BCUT2D eigenvalue weighted by Gasteiger charge is -2.60. The van der Waals surface area contributed by atoms with E-state index in [0.717, 1.165) is 120 Å². The number of carbonyl (C=O) groups is 9. The summed E-state index contributed by atoms with van der Waals surface area (Å²) in [7, 11) is 0. The zero-order chi connectivity index (χ0) is 58.6. The highest BCUT2D eigenvalue weighted by molar-refractivity contribution is 5.83. The summed E-state index contributed by atoms with van der Waals surface area (Å²) in [6.07, 6.45) is 20.2. The molecule has 9 fully saturated rings. The van der Waals surface area contributed by atoms with Gasteiger partial charge in [-0.15, -0.1) is 0 Å². The van der Waals surface area contributed by atoms with Gasteiger partial charge in [0.15, 0.2) is 39.6 Å². The quantitative estimate of drug-likeness (QED) is 0.0682. The van der Waals surface area contributed by atoms with Gasteiger partial charge in [0.2, 0.25) is 0 Å². The second-order valence-electron chi connectivity index (χ2n) is 26.0. The molecule has 0 aliphatic heterocycles. The number of carbonyl (C=O) groups excluding carboxylic acids is 9. The molecule has 0 amide bonds. The summed E-state index contributed by atoms with van der Waals surface area (Å²) in [6, 6.07) is 0. The lowest BCUT2D eigenvalue weighted by atomic mass is 9.49. The highest BCUT2D eigenvalue weighted by Crippen LogP contribution is 2.61. The fourth-order valence-electron chi connectivity index (χ4n) is 13.5. The van der Waals surface area contributed by atoms with E-state index in [4.69, 9.17) is 42.6 Å². The zero-order valence-electron chi connectivity index (χ0n) is 49.9. The summed E-state index contributed by atoms with van der Waals surface area (Å²) in [4.78, 5) is 107. The fraction of sp³-hybridized carbons (Fsp3) is 0.866. The van der Waals surface area contributed by atoms with Gasteiger partial charge in [-0.2, -0.15) is 0 Å². The molecular weight excluding hydrogens is 1090 g/mol. The predicted molar refractivity (Wildman–Crippen MR) is 328 cm³/mol. The summed E-state index contributed by atoms with van der Waals surface area (Å²) in [5, 5.41) is 0. The van der Waals surface area contributed by atoms with Crippen molar-refractivity contribution in [2.24, 2.45) is 63.6 Å². The SMILES string of the molecule is C.C.C.C.C.C.CCC(C)(C)C(=O)OCC(=O)OCC(=O)OC1(C)C2CC3CC(C2)CC1C3.CCC(C)(C)C(=O)OCC(=O)OCC(=O)OC1(CC)C2CC3CC(C2)CC1C3.CCC1(OC(=O)COC(=O)COC(=O)C(C)(C)CC)CCCCC1. The Morgan fingerprint density at radius 1 is 0.353 bits per heavy atom. The molecule has 0 heterocycles. The van der Waals surface area contributed by atoms with Gasteiger partial charge in [0, 0.05) is 0 Å². The van der Waals surface area contributed by atoms with Gasteiger partial charge in [-0.05, 0) is 218 Å². The lowest BCUT2D eigenvalue weighted by Crippen LogP contribution is -2.59. The van der Waals surface area contributed by atoms with Crippen LogP contribution >= 0.6 is 0 Å². The Hall–Kier alpha value is -4.77. The molecular formula is C67H120O18. The van der Waals surface area contributed by atoms with Crippen LogP contribution in [0.5, 0.6) is 0 Å². The van der Waals surface area contributed by atoms with Gasteiger partial charge in [-0.25, -0.2) is 28.8 Å². The average molecular weight is 1210 g/mol. The van der Waals surface area contributed by atoms with E-state index in [0.29, 0.717) is 42.9 Å². The third-order valence-corrected chi connectivity index (χ3v) is 19.5. The molecule has 9 saturated carbocycles. The largest absolute Gasteiger partial charge is 0.457 e. The first kappa shape index (κ1) is 82.3. The highest BCUT2D eigenvalue weighted by Gasteiger charge is 2.59. The molecule has 9 aliphatic carbocycles. The molecule has 8 bridgehead atoms. The van der Waals surface area contributed by atoms with E-state index < -0.39 is 126 Å². The molecule has 18 heteroatoms. The average Bonchev–Trinajstić information content (AvgIpc) is 3.45. The van der Waals surface area contributed by atoms with Gasteiger partial charge in [-0.1, -0.05) is 85.6 Å². The first-order valence-electron chi connectivity index (χ1n) is 29.7. The van der Waals surface area contributed by atoms with Crippen LogP contribution in [0, 0.1) is 63.6 Å². The number of hydrogen-bond donors (Lipinski definition) is 0. The monoisotopic (exact) mass is 1210 g/mol. The Bertz CT molecular complexity index is 2090. The van der Waals surface area contributed by atoms with Gasteiger partial charge in [0.05, 0.1) is 16.2 Å². The topological polar surface area (TPSA) is 237 Å². The van der Waals surface area contributed by atoms with Crippen molar-refractivity contribution in [2.45, 2.75) is 273 Å². The van der Waals surface area contributed by atoms with Crippen LogP contribution in [0.2, 0.25) is 0 Å². The van der Waals surface area contributed by atoms with Crippen LogP contribution in [0.25, 0.3) is 0 Å². The molecule has 0 aromatic heterocycles. The van der Waals surface area contributed by atoms with E-state index >= 15 is 0 Å². The molecule has 9 rings (SSSR count). The number of ether oxygens (including phenoxy) is 9. The van der Waals surface area contributed by atoms with Crippen molar-refractivity contribution in [1.29, 1.82) is 0 Å². The van der Waals surface area contributed by atoms with Crippen molar-refractivity contribution in [3.8, 4) is 0 Å². The maximum atomic E-state index is 12.4. The number of esters is 9. The van der Waals surface area contributed by atoms with Crippen LogP contribution in [-0.4, -0.2) is 110 Å². The smallest absolute Gasteiger partial charge is 0.344 e. The minimum Gasteiger partial charge on any atom is -0.457 e. The standard InChI is InChI=1S/C22H34O6.C21H32O6.C18H30O6.6CH4/c1-5-21(3,4)20(25)27-12-18(23)26-13-19(24)28-22(6-2)16-8-14-7-15(10-16)11-17(22)9-14;1-5-20(2,3)19(24)26-11-17(22)25-12-18(23)27-21(4)15-7-13-6-14(9-15)10-16(21)8-13;1-5-17(3,4)16(21)23-12-14(19)22-13-15(20)24-18(6-2)10-8-7-9-11-18;;;;;;/h14-17H,5-13H2,1-4H3;13-16H,5-12H2,1-4H3;5-13H2,1-4H3;6*1H4. The second kappa shape index (κ2) is 35.3. The van der Waals surface area contributed by atoms with Crippen molar-refractivity contribution in [1.82, 2.24) is 0 Å². The fourth-order valence-corrected chi connectivity index (χ4v) is 13.5. The van der Waals surface area contributed by atoms with Crippen LogP contribution in [0.1, 0.15) is 256 Å². The van der Waals surface area contributed by atoms with Gasteiger partial charge in [-0.3, -0.25) is 14.4 Å². The lowest BCUT2D eigenvalue weighted by molar-refractivity contribution is -0.214. The molecule has 0 aromatic carbocycles. The molecule has 85 heavy (non-hydrogen) atoms. The second-order valence-corrected chi connectivity index (χ2v) is 26.0. The van der Waals surface area contributed by atoms with E-state index in [1.807, 2.05) is 27.7 Å². The number of rotatable bonds is 23. The van der Waals surface area contributed by atoms with E-state index in [1.165, 1.54) is 12.8 Å². The van der Waals surface area contributed by atoms with Crippen molar-refractivity contribution in [2.75, 3.05) is 39.6 Å². The molecule has 18 nitrogen and oxygen atoms in total. The molecule has 0 unspecified atom stereocenters. The minimum atomic E-state index is -0.749. The van der Waals surface area contributed by atoms with Crippen molar-refractivity contribution in [3.05, 3.63) is 0 Å². The van der Waals surface area contributed by atoms with Gasteiger partial charge in [0.25, 0.3) is 0 Å². The summed E-state index contributed by atoms with van der Waals surface area (Å²) in [5.41, 5.74) is -3.18. The van der Waals surface area contributed by atoms with Crippen LogP contribution in [0.4, 0.5) is 0 Å². The van der Waals surface area contributed by atoms with Crippen LogP contribution in [0.3, 0.4) is 0 Å². The van der Waals surface area contributed by atoms with E-state index in [9.17, 15) is 43.2 Å². The Morgan fingerprint density at radius 2 is 0.635 bits per heavy atom. The van der Waals surface area contributed by atoms with E-state index in [-0.39, 0.29) is 44.6 Å². The molecule has 0 aromatic rings. The van der Waals surface area contributed by atoms with Crippen LogP contribution < -0.4 is 0 Å². The van der Waals surface area contributed by atoms with Crippen molar-refractivity contribution >= 4 is 53.7 Å². The third kappa shape index (κ3) is 21.8. The Morgan fingerprint density at radius 3 is 0.929 bits per heavy atom. The Labute approximate surface area is 513 Å². The maximum Gasteiger partial charge on any atom is 0.344 e. The normalized spacial score (nSPS) is 26.7. The van der Waals surface area contributed by atoms with E-state index in [2.05, 4.69) is 13.8 Å². The first-order chi connectivity index (χ1) is 37.1. The maximum absolute atomic E-state index is 12.4. The summed E-state index contributed by atoms with van der Waals surface area (Å²) >= 11 is 0. The van der Waals surface area contributed by atoms with Gasteiger partial charge >= 0.3 is 53.7 Å². The molecule has 0 atom stereocenters. The van der Waals surface area contributed by atoms with E-state index in [1.54, 1.807) is 41.5 Å². The van der Waals surface area contributed by atoms with Crippen LogP contribution in [0.15, 0.2) is 0 Å². The Kier molecular flexibility index (Phi) is 34.2. The molecule has 496 valence electrons. The molecule has 0 spiro atoms. The molecule has 9 aliphatic rings. The van der Waals surface area contributed by atoms with Gasteiger partial charge in [0.1, 0.15) is 16.8 Å². The molecule has 0 saturated heterocycles. The summed E-state index contributed by atoms with van der Waals surface area (Å²) < 4.78 is 47.0. The summed E-state index contributed by atoms with van der Waals surface area (Å²) in [5.74, 6) is -0.256. The Balaban J connectivity index is 0. The molecule has 0 N–H and O–H groups in total. The zero-order valence-corrected chi connectivity index (χ0v) is 49.9. The van der Waals surface area contributed by atoms with Crippen molar-refractivity contribution in [3.63, 3.8) is 0 Å².